The average molecular weight is 388 g/mol. The highest BCUT2D eigenvalue weighted by atomic mass is 35.5. The molecule has 142 valence electrons. The maximum Gasteiger partial charge on any atom is 0.317 e. The van der Waals surface area contributed by atoms with E-state index < -0.39 is 17.5 Å². The highest BCUT2D eigenvalue weighted by Gasteiger charge is 2.18. The SMILES string of the molecule is CC(C)(N)c1cccc(-c2ccc3c(C(N)=O)c(NC(N)=O)[nH]c3c2)c1.Cl. The minimum atomic E-state index is -0.780. The van der Waals surface area contributed by atoms with Crippen LogP contribution in [0.3, 0.4) is 0 Å². The third-order valence-electron chi connectivity index (χ3n) is 4.23. The summed E-state index contributed by atoms with van der Waals surface area (Å²) in [6.07, 6.45) is 0. The zero-order chi connectivity index (χ0) is 19.1. The number of carbonyl (C=O) groups excluding carboxylic acids is 2. The second kappa shape index (κ2) is 7.30. The lowest BCUT2D eigenvalue weighted by molar-refractivity contribution is 0.100. The number of hydrogen-bond acceptors (Lipinski definition) is 3. The Bertz CT molecular complexity index is 1020. The minimum Gasteiger partial charge on any atom is -0.365 e. The van der Waals surface area contributed by atoms with Crippen LogP contribution in [0.1, 0.15) is 29.8 Å². The van der Waals surface area contributed by atoms with Gasteiger partial charge in [-0.1, -0.05) is 30.3 Å². The Balaban J connectivity index is 0.00000261. The van der Waals surface area contributed by atoms with E-state index in [-0.39, 0.29) is 23.8 Å². The minimum absolute atomic E-state index is 0. The number of anilines is 1. The van der Waals surface area contributed by atoms with Gasteiger partial charge in [-0.25, -0.2) is 4.79 Å². The summed E-state index contributed by atoms with van der Waals surface area (Å²) in [6.45, 7) is 3.89. The van der Waals surface area contributed by atoms with E-state index in [1.54, 1.807) is 6.07 Å². The quantitative estimate of drug-likeness (QED) is 0.469. The standard InChI is InChI=1S/C19H21N5O2.ClH/c1-19(2,22)12-5-3-4-10(8-12)11-6-7-13-14(9-11)23-17(24-18(21)26)15(13)16(20)25;/h3-9,23H,22H2,1-2H3,(H2,20,25)(H3,21,24,26);1H. The molecule has 0 saturated heterocycles. The number of rotatable bonds is 4. The molecule has 8 N–H and O–H groups in total. The first-order chi connectivity index (χ1) is 12.2. The predicted octanol–water partition coefficient (Wildman–Crippen LogP) is 3.04. The Labute approximate surface area is 162 Å². The third-order valence-corrected chi connectivity index (χ3v) is 4.23. The number of amides is 3. The van der Waals surface area contributed by atoms with Gasteiger partial charge in [0, 0.05) is 16.4 Å². The van der Waals surface area contributed by atoms with Crippen LogP contribution in [0.4, 0.5) is 10.6 Å². The van der Waals surface area contributed by atoms with Crippen LogP contribution in [0.2, 0.25) is 0 Å². The van der Waals surface area contributed by atoms with Gasteiger partial charge in [0.1, 0.15) is 5.82 Å². The fourth-order valence-electron chi connectivity index (χ4n) is 2.95. The zero-order valence-electron chi connectivity index (χ0n) is 15.0. The van der Waals surface area contributed by atoms with Gasteiger partial charge in [-0.05, 0) is 42.7 Å². The van der Waals surface area contributed by atoms with Gasteiger partial charge in [-0.15, -0.1) is 12.4 Å². The van der Waals surface area contributed by atoms with Gasteiger partial charge < -0.3 is 22.2 Å². The van der Waals surface area contributed by atoms with E-state index in [9.17, 15) is 9.59 Å². The molecule has 27 heavy (non-hydrogen) atoms. The molecule has 0 spiro atoms. The highest BCUT2D eigenvalue weighted by Crippen LogP contribution is 2.31. The van der Waals surface area contributed by atoms with Crippen molar-refractivity contribution in [2.75, 3.05) is 5.32 Å². The second-order valence-corrected chi connectivity index (χ2v) is 6.79. The summed E-state index contributed by atoms with van der Waals surface area (Å²) in [4.78, 5) is 25.9. The molecule has 0 atom stereocenters. The van der Waals surface area contributed by atoms with E-state index in [4.69, 9.17) is 17.2 Å². The first-order valence-corrected chi connectivity index (χ1v) is 8.08. The monoisotopic (exact) mass is 387 g/mol. The second-order valence-electron chi connectivity index (χ2n) is 6.79. The molecular weight excluding hydrogens is 366 g/mol. The van der Waals surface area contributed by atoms with Crippen LogP contribution in [0, 0.1) is 0 Å². The number of aromatic amines is 1. The molecule has 7 nitrogen and oxygen atoms in total. The lowest BCUT2D eigenvalue weighted by Gasteiger charge is -2.20. The lowest BCUT2D eigenvalue weighted by atomic mass is 9.92. The maximum absolute atomic E-state index is 11.8. The van der Waals surface area contributed by atoms with Crippen molar-refractivity contribution in [3.63, 3.8) is 0 Å². The van der Waals surface area contributed by atoms with Crippen molar-refractivity contribution in [2.45, 2.75) is 19.4 Å². The molecule has 0 unspecified atom stereocenters. The van der Waals surface area contributed by atoms with Crippen molar-refractivity contribution in [2.24, 2.45) is 17.2 Å². The Hall–Kier alpha value is -3.03. The molecule has 0 aliphatic rings. The van der Waals surface area contributed by atoms with Gasteiger partial charge in [0.05, 0.1) is 5.56 Å². The number of benzene rings is 2. The summed E-state index contributed by atoms with van der Waals surface area (Å²) in [5.74, 6) is -0.464. The van der Waals surface area contributed by atoms with Gasteiger partial charge >= 0.3 is 6.03 Å². The Morgan fingerprint density at radius 2 is 1.70 bits per heavy atom. The summed E-state index contributed by atoms with van der Waals surface area (Å²) in [5, 5.41) is 3.01. The molecule has 0 saturated carbocycles. The van der Waals surface area contributed by atoms with Crippen molar-refractivity contribution in [1.29, 1.82) is 0 Å². The number of urea groups is 1. The summed E-state index contributed by atoms with van der Waals surface area (Å²) < 4.78 is 0. The van der Waals surface area contributed by atoms with Gasteiger partial charge in [0.15, 0.2) is 0 Å². The highest BCUT2D eigenvalue weighted by molar-refractivity contribution is 6.13. The van der Waals surface area contributed by atoms with Crippen LogP contribution in [0.25, 0.3) is 22.0 Å². The molecule has 0 aliphatic heterocycles. The Morgan fingerprint density at radius 1 is 1.04 bits per heavy atom. The molecule has 1 heterocycles. The van der Waals surface area contributed by atoms with Crippen molar-refractivity contribution in [3.8, 4) is 11.1 Å². The van der Waals surface area contributed by atoms with Crippen LogP contribution < -0.4 is 22.5 Å². The molecule has 0 fully saturated rings. The third kappa shape index (κ3) is 4.05. The molecule has 2 aromatic carbocycles. The van der Waals surface area contributed by atoms with Crippen LogP contribution in [-0.4, -0.2) is 16.9 Å². The molecule has 0 radical (unpaired) electrons. The number of carbonyl (C=O) groups is 2. The number of aromatic nitrogens is 1. The summed E-state index contributed by atoms with van der Waals surface area (Å²) >= 11 is 0. The number of halogens is 1. The molecule has 1 aromatic heterocycles. The Morgan fingerprint density at radius 3 is 2.30 bits per heavy atom. The first-order valence-electron chi connectivity index (χ1n) is 8.08. The summed E-state index contributed by atoms with van der Waals surface area (Å²) in [7, 11) is 0. The van der Waals surface area contributed by atoms with E-state index in [0.29, 0.717) is 10.9 Å². The molecule has 3 aromatic rings. The normalized spacial score (nSPS) is 11.1. The van der Waals surface area contributed by atoms with Crippen molar-refractivity contribution < 1.29 is 9.59 Å². The van der Waals surface area contributed by atoms with Crippen molar-refractivity contribution >= 4 is 41.1 Å². The average Bonchev–Trinajstić information content (AvgIpc) is 2.90. The van der Waals surface area contributed by atoms with Crippen LogP contribution in [0.5, 0.6) is 0 Å². The number of nitrogens with one attached hydrogen (secondary N) is 2. The Kier molecular flexibility index (Phi) is 5.48. The fraction of sp³-hybridized carbons (Fsp3) is 0.158. The largest absolute Gasteiger partial charge is 0.365 e. The summed E-state index contributed by atoms with van der Waals surface area (Å²) in [6, 6.07) is 12.7. The van der Waals surface area contributed by atoms with E-state index >= 15 is 0 Å². The van der Waals surface area contributed by atoms with Crippen molar-refractivity contribution in [3.05, 3.63) is 53.6 Å². The van der Waals surface area contributed by atoms with E-state index in [2.05, 4.69) is 10.3 Å². The summed E-state index contributed by atoms with van der Waals surface area (Å²) in [5.41, 5.74) is 20.1. The number of H-pyrrole nitrogens is 1. The van der Waals surface area contributed by atoms with Gasteiger partial charge in [-0.2, -0.15) is 0 Å². The number of fused-ring (bicyclic) bond motifs is 1. The topological polar surface area (TPSA) is 140 Å². The number of hydrogen-bond donors (Lipinski definition) is 5. The van der Waals surface area contributed by atoms with Crippen molar-refractivity contribution in [1.82, 2.24) is 4.98 Å². The van der Waals surface area contributed by atoms with E-state index in [1.165, 1.54) is 0 Å². The van der Waals surface area contributed by atoms with Crippen LogP contribution in [-0.2, 0) is 5.54 Å². The van der Waals surface area contributed by atoms with E-state index in [0.717, 1.165) is 16.7 Å². The van der Waals surface area contributed by atoms with Gasteiger partial charge in [-0.3, -0.25) is 10.1 Å². The molecule has 8 heteroatoms. The maximum atomic E-state index is 11.8. The number of primary amides is 2. The van der Waals surface area contributed by atoms with Gasteiger partial charge in [0.25, 0.3) is 5.91 Å². The number of nitrogens with two attached hydrogens (primary N) is 3. The predicted molar refractivity (Wildman–Crippen MR) is 110 cm³/mol. The smallest absolute Gasteiger partial charge is 0.317 e. The first kappa shape index (κ1) is 20.3. The fourth-order valence-corrected chi connectivity index (χ4v) is 2.95. The van der Waals surface area contributed by atoms with E-state index in [1.807, 2.05) is 50.2 Å². The lowest BCUT2D eigenvalue weighted by Crippen LogP contribution is -2.28. The zero-order valence-corrected chi connectivity index (χ0v) is 15.8. The molecule has 0 aliphatic carbocycles. The van der Waals surface area contributed by atoms with Crippen LogP contribution in [0.15, 0.2) is 42.5 Å². The molecule has 0 bridgehead atoms. The molecule has 3 rings (SSSR count). The van der Waals surface area contributed by atoms with Gasteiger partial charge in [0.2, 0.25) is 0 Å². The molecular formula is C19H22ClN5O2. The molecule has 3 amide bonds. The van der Waals surface area contributed by atoms with Crippen LogP contribution >= 0.6 is 12.4 Å².